The highest BCUT2D eigenvalue weighted by molar-refractivity contribution is 5.17. The van der Waals surface area contributed by atoms with Crippen LogP contribution in [0.3, 0.4) is 0 Å². The summed E-state index contributed by atoms with van der Waals surface area (Å²) in [5.74, 6) is 1.96. The van der Waals surface area contributed by atoms with Gasteiger partial charge in [0.05, 0.1) is 6.04 Å². The summed E-state index contributed by atoms with van der Waals surface area (Å²) in [6, 6.07) is 15.0. The molecule has 0 amide bonds. The number of furan rings is 1. The molecule has 2 atom stereocenters. The third-order valence-electron chi connectivity index (χ3n) is 4.06. The fraction of sp³-hybridized carbons (Fsp3) is 0.412. The van der Waals surface area contributed by atoms with Gasteiger partial charge in [-0.3, -0.25) is 4.90 Å². The second kappa shape index (κ2) is 5.81. The van der Waals surface area contributed by atoms with Gasteiger partial charge in [0.2, 0.25) is 0 Å². The van der Waals surface area contributed by atoms with Crippen molar-refractivity contribution in [1.29, 1.82) is 0 Å². The lowest BCUT2D eigenvalue weighted by Gasteiger charge is -2.38. The molecule has 1 fully saturated rings. The molecule has 106 valence electrons. The van der Waals surface area contributed by atoms with Gasteiger partial charge in [0.1, 0.15) is 11.5 Å². The molecule has 2 aromatic rings. The number of likely N-dealkylation sites (tertiary alicyclic amines) is 1. The standard InChI is InChI=1S/C17H22N2O/c1-13-9-10-16(20-13)17-15(18)8-5-11-19(17)12-14-6-3-2-4-7-14/h2-4,6-7,9-10,15,17H,5,8,11-12,18H2,1H3. The van der Waals surface area contributed by atoms with Gasteiger partial charge in [-0.25, -0.2) is 0 Å². The van der Waals surface area contributed by atoms with Crippen molar-refractivity contribution in [3.05, 3.63) is 59.5 Å². The lowest BCUT2D eigenvalue weighted by atomic mass is 9.94. The minimum Gasteiger partial charge on any atom is -0.465 e. The van der Waals surface area contributed by atoms with Crippen LogP contribution < -0.4 is 5.73 Å². The van der Waals surface area contributed by atoms with Crippen LogP contribution in [-0.4, -0.2) is 17.5 Å². The van der Waals surface area contributed by atoms with Crippen molar-refractivity contribution < 1.29 is 4.42 Å². The zero-order valence-electron chi connectivity index (χ0n) is 12.0. The average Bonchev–Trinajstić information content (AvgIpc) is 2.86. The first kappa shape index (κ1) is 13.4. The van der Waals surface area contributed by atoms with Gasteiger partial charge in [0.15, 0.2) is 0 Å². The highest BCUT2D eigenvalue weighted by atomic mass is 16.3. The maximum absolute atomic E-state index is 6.36. The van der Waals surface area contributed by atoms with Crippen LogP contribution in [0.5, 0.6) is 0 Å². The van der Waals surface area contributed by atoms with E-state index >= 15 is 0 Å². The van der Waals surface area contributed by atoms with E-state index in [1.165, 1.54) is 5.56 Å². The minimum absolute atomic E-state index is 0.151. The van der Waals surface area contributed by atoms with Gasteiger partial charge < -0.3 is 10.2 Å². The zero-order chi connectivity index (χ0) is 13.9. The molecular weight excluding hydrogens is 248 g/mol. The van der Waals surface area contributed by atoms with Crippen molar-refractivity contribution in [2.24, 2.45) is 5.73 Å². The molecule has 1 aliphatic heterocycles. The van der Waals surface area contributed by atoms with E-state index in [-0.39, 0.29) is 12.1 Å². The second-order valence-electron chi connectivity index (χ2n) is 5.66. The summed E-state index contributed by atoms with van der Waals surface area (Å²) in [7, 11) is 0. The van der Waals surface area contributed by atoms with Crippen LogP contribution in [0.2, 0.25) is 0 Å². The fourth-order valence-corrected chi connectivity index (χ4v) is 3.10. The van der Waals surface area contributed by atoms with Crippen molar-refractivity contribution in [1.82, 2.24) is 4.90 Å². The van der Waals surface area contributed by atoms with E-state index in [2.05, 4.69) is 41.3 Å². The Morgan fingerprint density at radius 3 is 2.70 bits per heavy atom. The van der Waals surface area contributed by atoms with Crippen LogP contribution in [0.1, 0.15) is 36.0 Å². The SMILES string of the molecule is Cc1ccc(C2C(N)CCCN2Cc2ccccc2)o1. The number of aryl methyl sites for hydroxylation is 1. The number of nitrogens with two attached hydrogens (primary N) is 1. The van der Waals surface area contributed by atoms with E-state index in [0.717, 1.165) is 37.5 Å². The molecule has 1 aromatic carbocycles. The second-order valence-corrected chi connectivity index (χ2v) is 5.66. The molecule has 3 rings (SSSR count). The maximum atomic E-state index is 6.36. The molecule has 3 nitrogen and oxygen atoms in total. The van der Waals surface area contributed by atoms with E-state index < -0.39 is 0 Å². The van der Waals surface area contributed by atoms with Crippen molar-refractivity contribution in [3.8, 4) is 0 Å². The summed E-state index contributed by atoms with van der Waals surface area (Å²) >= 11 is 0. The van der Waals surface area contributed by atoms with Gasteiger partial charge >= 0.3 is 0 Å². The van der Waals surface area contributed by atoms with Crippen LogP contribution in [0.25, 0.3) is 0 Å². The van der Waals surface area contributed by atoms with Crippen LogP contribution in [-0.2, 0) is 6.54 Å². The molecule has 0 saturated carbocycles. The summed E-state index contributed by atoms with van der Waals surface area (Å²) in [4.78, 5) is 2.45. The Hall–Kier alpha value is -1.58. The predicted octanol–water partition coefficient (Wildman–Crippen LogP) is 3.25. The quantitative estimate of drug-likeness (QED) is 0.931. The highest BCUT2D eigenvalue weighted by Crippen LogP contribution is 2.32. The Bertz CT molecular complexity index is 549. The smallest absolute Gasteiger partial charge is 0.122 e. The Morgan fingerprint density at radius 1 is 1.20 bits per heavy atom. The molecular formula is C17H22N2O. The Balaban J connectivity index is 1.83. The fourth-order valence-electron chi connectivity index (χ4n) is 3.10. The molecule has 1 aromatic heterocycles. The Kier molecular flexibility index (Phi) is 3.90. The molecule has 2 N–H and O–H groups in total. The van der Waals surface area contributed by atoms with E-state index in [9.17, 15) is 0 Å². The molecule has 0 spiro atoms. The highest BCUT2D eigenvalue weighted by Gasteiger charge is 2.32. The summed E-state index contributed by atoms with van der Waals surface area (Å²) in [5, 5.41) is 0. The molecule has 0 aliphatic carbocycles. The summed E-state index contributed by atoms with van der Waals surface area (Å²) in [6.07, 6.45) is 2.22. The van der Waals surface area contributed by atoms with Crippen molar-refractivity contribution in [2.75, 3.05) is 6.54 Å². The van der Waals surface area contributed by atoms with Crippen LogP contribution >= 0.6 is 0 Å². The van der Waals surface area contributed by atoms with Gasteiger partial charge in [0, 0.05) is 12.6 Å². The van der Waals surface area contributed by atoms with E-state index in [0.29, 0.717) is 0 Å². The molecule has 3 heteroatoms. The first-order valence-electron chi connectivity index (χ1n) is 7.34. The van der Waals surface area contributed by atoms with Gasteiger partial charge in [-0.15, -0.1) is 0 Å². The molecule has 1 saturated heterocycles. The summed E-state index contributed by atoms with van der Waals surface area (Å²) < 4.78 is 5.84. The first-order valence-corrected chi connectivity index (χ1v) is 7.34. The largest absolute Gasteiger partial charge is 0.465 e. The van der Waals surface area contributed by atoms with Crippen LogP contribution in [0, 0.1) is 6.92 Å². The predicted molar refractivity (Wildman–Crippen MR) is 80.2 cm³/mol. The summed E-state index contributed by atoms with van der Waals surface area (Å²) in [6.45, 7) is 3.99. The summed E-state index contributed by atoms with van der Waals surface area (Å²) in [5.41, 5.74) is 7.69. The number of benzene rings is 1. The van der Waals surface area contributed by atoms with E-state index in [4.69, 9.17) is 10.2 Å². The topological polar surface area (TPSA) is 42.4 Å². The van der Waals surface area contributed by atoms with Crippen molar-refractivity contribution in [2.45, 2.75) is 38.4 Å². The van der Waals surface area contributed by atoms with Gasteiger partial charge in [-0.1, -0.05) is 30.3 Å². The van der Waals surface area contributed by atoms with E-state index in [1.54, 1.807) is 0 Å². The maximum Gasteiger partial charge on any atom is 0.122 e. The molecule has 2 unspecified atom stereocenters. The number of nitrogens with zero attached hydrogens (tertiary/aromatic N) is 1. The zero-order valence-corrected chi connectivity index (χ0v) is 12.0. The van der Waals surface area contributed by atoms with Crippen LogP contribution in [0.4, 0.5) is 0 Å². The number of rotatable bonds is 3. The molecule has 0 radical (unpaired) electrons. The van der Waals surface area contributed by atoms with E-state index in [1.807, 2.05) is 13.0 Å². The molecule has 20 heavy (non-hydrogen) atoms. The Morgan fingerprint density at radius 2 is 2.00 bits per heavy atom. The van der Waals surface area contributed by atoms with Crippen LogP contribution in [0.15, 0.2) is 46.9 Å². The number of piperidine rings is 1. The monoisotopic (exact) mass is 270 g/mol. The lowest BCUT2D eigenvalue weighted by Crippen LogP contribution is -2.45. The first-order chi connectivity index (χ1) is 9.74. The average molecular weight is 270 g/mol. The minimum atomic E-state index is 0.151. The van der Waals surface area contributed by atoms with Gasteiger partial charge in [0.25, 0.3) is 0 Å². The lowest BCUT2D eigenvalue weighted by molar-refractivity contribution is 0.102. The normalized spacial score (nSPS) is 23.9. The van der Waals surface area contributed by atoms with Gasteiger partial charge in [-0.05, 0) is 44.0 Å². The van der Waals surface area contributed by atoms with Crippen molar-refractivity contribution >= 4 is 0 Å². The molecule has 2 heterocycles. The van der Waals surface area contributed by atoms with Crippen molar-refractivity contribution in [3.63, 3.8) is 0 Å². The molecule has 0 bridgehead atoms. The third-order valence-corrected chi connectivity index (χ3v) is 4.06. The Labute approximate surface area is 120 Å². The number of hydrogen-bond donors (Lipinski definition) is 1. The molecule has 1 aliphatic rings. The third kappa shape index (κ3) is 2.79. The number of hydrogen-bond acceptors (Lipinski definition) is 3. The van der Waals surface area contributed by atoms with Gasteiger partial charge in [-0.2, -0.15) is 0 Å².